The molecule has 0 spiro atoms. The fraction of sp³-hybridized carbons (Fsp3) is 1.00. The van der Waals surface area contributed by atoms with E-state index in [1.54, 1.807) is 7.11 Å². The van der Waals surface area contributed by atoms with E-state index < -0.39 is 8.32 Å². The van der Waals surface area contributed by atoms with E-state index >= 15 is 0 Å². The van der Waals surface area contributed by atoms with Crippen molar-refractivity contribution < 1.29 is 4.43 Å². The van der Waals surface area contributed by atoms with Gasteiger partial charge in [0, 0.05) is 7.11 Å². The maximum Gasteiger partial charge on any atom is 0.186 e. The maximum atomic E-state index is 5.63. The third kappa shape index (κ3) is 4.87. The molecule has 0 aromatic heterocycles. The zero-order valence-electron chi connectivity index (χ0n) is 8.47. The normalized spacial score (nSPS) is 14.8. The lowest BCUT2D eigenvalue weighted by atomic mass is 10.1. The van der Waals surface area contributed by atoms with Crippen LogP contribution in [0.5, 0.6) is 0 Å². The summed E-state index contributed by atoms with van der Waals surface area (Å²) < 4.78 is 5.46. The molecule has 0 saturated carbocycles. The Kier molecular flexibility index (Phi) is 5.74. The van der Waals surface area contributed by atoms with Gasteiger partial charge < -0.3 is 15.9 Å². The van der Waals surface area contributed by atoms with Crippen molar-refractivity contribution in [3.8, 4) is 0 Å². The van der Waals surface area contributed by atoms with Gasteiger partial charge in [0.25, 0.3) is 0 Å². The van der Waals surface area contributed by atoms with Crippen LogP contribution in [-0.4, -0.2) is 28.5 Å². The standard InChI is InChI=1S/C8H22N2OSi/c1-11-12(2,3)7-8(6-10)4-5-9/h8H,4-7,9-10H2,1-3H3. The molecular formula is C8H22N2OSi. The zero-order valence-corrected chi connectivity index (χ0v) is 9.47. The van der Waals surface area contributed by atoms with Crippen molar-refractivity contribution in [2.45, 2.75) is 25.6 Å². The molecule has 0 rings (SSSR count). The molecule has 1 atom stereocenters. The molecule has 12 heavy (non-hydrogen) atoms. The molecule has 74 valence electrons. The van der Waals surface area contributed by atoms with Gasteiger partial charge in [0.2, 0.25) is 0 Å². The van der Waals surface area contributed by atoms with Crippen LogP contribution in [0.4, 0.5) is 0 Å². The molecule has 0 heterocycles. The van der Waals surface area contributed by atoms with Gasteiger partial charge in [0.05, 0.1) is 0 Å². The quantitative estimate of drug-likeness (QED) is 0.608. The molecule has 0 aliphatic heterocycles. The van der Waals surface area contributed by atoms with E-state index in [1.165, 1.54) is 0 Å². The van der Waals surface area contributed by atoms with Crippen molar-refractivity contribution in [3.05, 3.63) is 0 Å². The molecule has 0 amide bonds. The molecular weight excluding hydrogens is 168 g/mol. The van der Waals surface area contributed by atoms with Crippen LogP contribution in [0.15, 0.2) is 0 Å². The van der Waals surface area contributed by atoms with E-state index in [1.807, 2.05) is 0 Å². The topological polar surface area (TPSA) is 61.3 Å². The largest absolute Gasteiger partial charge is 0.420 e. The fourth-order valence-electron chi connectivity index (χ4n) is 1.32. The molecule has 0 aliphatic rings. The number of rotatable bonds is 6. The second kappa shape index (κ2) is 5.69. The van der Waals surface area contributed by atoms with Gasteiger partial charge in [-0.2, -0.15) is 0 Å². The second-order valence-corrected chi connectivity index (χ2v) is 8.18. The first-order valence-corrected chi connectivity index (χ1v) is 7.62. The Hall–Kier alpha value is 0.0969. The first-order valence-electron chi connectivity index (χ1n) is 4.51. The Morgan fingerprint density at radius 1 is 1.33 bits per heavy atom. The van der Waals surface area contributed by atoms with Crippen LogP contribution in [-0.2, 0) is 4.43 Å². The molecule has 4 N–H and O–H groups in total. The van der Waals surface area contributed by atoms with Gasteiger partial charge in [-0.05, 0) is 44.6 Å². The molecule has 3 nitrogen and oxygen atoms in total. The van der Waals surface area contributed by atoms with Gasteiger partial charge in [-0.3, -0.25) is 0 Å². The van der Waals surface area contributed by atoms with Crippen LogP contribution in [0.1, 0.15) is 6.42 Å². The van der Waals surface area contributed by atoms with Crippen molar-refractivity contribution >= 4 is 8.32 Å². The lowest BCUT2D eigenvalue weighted by Crippen LogP contribution is -2.34. The van der Waals surface area contributed by atoms with Crippen molar-refractivity contribution in [1.82, 2.24) is 0 Å². The predicted molar refractivity (Wildman–Crippen MR) is 55.5 cm³/mol. The highest BCUT2D eigenvalue weighted by Gasteiger charge is 2.24. The highest BCUT2D eigenvalue weighted by atomic mass is 28.4. The van der Waals surface area contributed by atoms with Gasteiger partial charge in [-0.25, -0.2) is 0 Å². The van der Waals surface area contributed by atoms with E-state index in [-0.39, 0.29) is 0 Å². The molecule has 0 aliphatic carbocycles. The van der Waals surface area contributed by atoms with Crippen molar-refractivity contribution in [2.24, 2.45) is 17.4 Å². The smallest absolute Gasteiger partial charge is 0.186 e. The Morgan fingerprint density at radius 2 is 1.92 bits per heavy atom. The molecule has 0 bridgehead atoms. The lowest BCUT2D eigenvalue weighted by Gasteiger charge is -2.25. The van der Waals surface area contributed by atoms with E-state index in [0.29, 0.717) is 5.92 Å². The SMILES string of the molecule is CO[Si](C)(C)CC(CN)CCN. The van der Waals surface area contributed by atoms with Crippen LogP contribution in [0.2, 0.25) is 19.1 Å². The summed E-state index contributed by atoms with van der Waals surface area (Å²) in [5.41, 5.74) is 11.1. The number of hydrogen-bond donors (Lipinski definition) is 2. The maximum absolute atomic E-state index is 5.63. The molecule has 0 aromatic rings. The summed E-state index contributed by atoms with van der Waals surface area (Å²) >= 11 is 0. The average molecular weight is 190 g/mol. The number of nitrogens with two attached hydrogens (primary N) is 2. The summed E-state index contributed by atoms with van der Waals surface area (Å²) in [5.74, 6) is 0.552. The molecule has 0 saturated heterocycles. The van der Waals surface area contributed by atoms with Crippen molar-refractivity contribution in [2.75, 3.05) is 20.2 Å². The summed E-state index contributed by atoms with van der Waals surface area (Å²) in [7, 11) is 0.360. The monoisotopic (exact) mass is 190 g/mol. The minimum Gasteiger partial charge on any atom is -0.420 e. The van der Waals surface area contributed by atoms with Crippen LogP contribution < -0.4 is 11.5 Å². The minimum absolute atomic E-state index is 0.552. The number of hydrogen-bond acceptors (Lipinski definition) is 3. The third-order valence-electron chi connectivity index (χ3n) is 2.24. The molecule has 0 aromatic carbocycles. The minimum atomic E-state index is -1.43. The summed E-state index contributed by atoms with van der Waals surface area (Å²) in [6, 6.07) is 1.12. The molecule has 4 heteroatoms. The Balaban J connectivity index is 3.83. The summed E-state index contributed by atoms with van der Waals surface area (Å²) in [6.45, 7) is 5.89. The second-order valence-electron chi connectivity index (χ2n) is 3.85. The first-order chi connectivity index (χ1) is 5.55. The van der Waals surface area contributed by atoms with Gasteiger partial charge in [0.15, 0.2) is 8.32 Å². The highest BCUT2D eigenvalue weighted by molar-refractivity contribution is 6.71. The van der Waals surface area contributed by atoms with E-state index in [0.717, 1.165) is 25.6 Å². The Morgan fingerprint density at radius 3 is 2.25 bits per heavy atom. The van der Waals surface area contributed by atoms with Crippen LogP contribution in [0, 0.1) is 5.92 Å². The summed E-state index contributed by atoms with van der Waals surface area (Å²) in [6.07, 6.45) is 1.02. The van der Waals surface area contributed by atoms with Gasteiger partial charge in [-0.1, -0.05) is 0 Å². The van der Waals surface area contributed by atoms with Crippen molar-refractivity contribution in [3.63, 3.8) is 0 Å². The molecule has 0 radical (unpaired) electrons. The van der Waals surface area contributed by atoms with Crippen LogP contribution >= 0.6 is 0 Å². The van der Waals surface area contributed by atoms with E-state index in [4.69, 9.17) is 15.9 Å². The van der Waals surface area contributed by atoms with Gasteiger partial charge in [-0.15, -0.1) is 0 Å². The van der Waals surface area contributed by atoms with Gasteiger partial charge >= 0.3 is 0 Å². The zero-order chi connectivity index (χ0) is 9.61. The Bertz CT molecular complexity index is 120. The molecule has 0 fully saturated rings. The van der Waals surface area contributed by atoms with Crippen LogP contribution in [0.25, 0.3) is 0 Å². The summed E-state index contributed by atoms with van der Waals surface area (Å²) in [4.78, 5) is 0. The lowest BCUT2D eigenvalue weighted by molar-refractivity contribution is 0.388. The van der Waals surface area contributed by atoms with Crippen LogP contribution in [0.3, 0.4) is 0 Å². The van der Waals surface area contributed by atoms with E-state index in [9.17, 15) is 0 Å². The average Bonchev–Trinajstić information content (AvgIpc) is 2.03. The predicted octanol–water partition coefficient (Wildman–Crippen LogP) is 0.762. The summed E-state index contributed by atoms with van der Waals surface area (Å²) in [5, 5.41) is 0. The van der Waals surface area contributed by atoms with Crippen molar-refractivity contribution in [1.29, 1.82) is 0 Å². The fourth-order valence-corrected chi connectivity index (χ4v) is 3.25. The molecule has 1 unspecified atom stereocenters. The van der Waals surface area contributed by atoms with E-state index in [2.05, 4.69) is 13.1 Å². The highest BCUT2D eigenvalue weighted by Crippen LogP contribution is 2.18. The first kappa shape index (κ1) is 12.1. The third-order valence-corrected chi connectivity index (χ3v) is 4.91. The Labute approximate surface area is 76.6 Å². The van der Waals surface area contributed by atoms with Gasteiger partial charge in [0.1, 0.15) is 0 Å².